The van der Waals surface area contributed by atoms with Crippen LogP contribution in [0.5, 0.6) is 0 Å². The number of nitrogens with zero attached hydrogens (tertiary/aromatic N) is 3. The Balaban J connectivity index is 1.65. The van der Waals surface area contributed by atoms with Gasteiger partial charge in [-0.1, -0.05) is 18.2 Å². The number of aryl methyl sites for hydroxylation is 1. The lowest BCUT2D eigenvalue weighted by molar-refractivity contribution is 0.0981. The lowest BCUT2D eigenvalue weighted by atomic mass is 10.0. The van der Waals surface area contributed by atoms with Crippen LogP contribution in [0.25, 0.3) is 10.6 Å². The summed E-state index contributed by atoms with van der Waals surface area (Å²) >= 11 is 1.48. The fourth-order valence-electron chi connectivity index (χ4n) is 2.88. The molecule has 1 aliphatic heterocycles. The fourth-order valence-corrected chi connectivity index (χ4v) is 3.66. The second-order valence-corrected chi connectivity index (χ2v) is 6.33. The zero-order valence-electron chi connectivity index (χ0n) is 12.5. The molecule has 1 aliphatic rings. The summed E-state index contributed by atoms with van der Waals surface area (Å²) in [5.74, 6) is -0.0245. The highest BCUT2D eigenvalue weighted by molar-refractivity contribution is 7.13. The topological polar surface area (TPSA) is 46.1 Å². The van der Waals surface area contributed by atoms with Crippen molar-refractivity contribution in [2.24, 2.45) is 0 Å². The van der Waals surface area contributed by atoms with Crippen LogP contribution in [0.1, 0.15) is 22.5 Å². The van der Waals surface area contributed by atoms with E-state index in [1.165, 1.54) is 16.9 Å². The molecule has 0 aliphatic carbocycles. The van der Waals surface area contributed by atoms with Gasteiger partial charge in [0.2, 0.25) is 0 Å². The molecule has 0 saturated carbocycles. The third-order valence-corrected chi connectivity index (χ3v) is 4.88. The van der Waals surface area contributed by atoms with Crippen LogP contribution in [-0.4, -0.2) is 22.4 Å². The number of carbonyl (C=O) groups excluding carboxylic acids is 1. The predicted molar refractivity (Wildman–Crippen MR) is 91.8 cm³/mol. The van der Waals surface area contributed by atoms with Crippen molar-refractivity contribution in [3.05, 3.63) is 65.4 Å². The summed E-state index contributed by atoms with van der Waals surface area (Å²) in [5, 5.41) is 2.66. The van der Waals surface area contributed by atoms with Gasteiger partial charge >= 0.3 is 0 Å². The van der Waals surface area contributed by atoms with Crippen molar-refractivity contribution < 1.29 is 4.79 Å². The minimum absolute atomic E-state index is 0.0245. The Kier molecular flexibility index (Phi) is 3.63. The molecule has 0 bridgehead atoms. The first kappa shape index (κ1) is 14.1. The first-order valence-corrected chi connectivity index (χ1v) is 8.46. The van der Waals surface area contributed by atoms with Crippen molar-refractivity contribution in [3.63, 3.8) is 0 Å². The fraction of sp³-hybridized carbons (Fsp3) is 0.167. The number of thiazole rings is 1. The lowest BCUT2D eigenvalue weighted by Gasteiger charge is -2.28. The minimum atomic E-state index is -0.0245. The van der Waals surface area contributed by atoms with E-state index in [9.17, 15) is 4.79 Å². The highest BCUT2D eigenvalue weighted by Gasteiger charge is 2.25. The zero-order valence-corrected chi connectivity index (χ0v) is 13.3. The van der Waals surface area contributed by atoms with E-state index in [4.69, 9.17) is 0 Å². The van der Waals surface area contributed by atoms with Crippen LogP contribution >= 0.6 is 11.3 Å². The number of benzene rings is 1. The summed E-state index contributed by atoms with van der Waals surface area (Å²) in [7, 11) is 0. The van der Waals surface area contributed by atoms with Crippen molar-refractivity contribution in [1.82, 2.24) is 9.97 Å². The lowest BCUT2D eigenvalue weighted by Crippen LogP contribution is -2.35. The van der Waals surface area contributed by atoms with E-state index in [1.54, 1.807) is 12.4 Å². The number of fused-ring (bicyclic) bond motifs is 1. The first-order chi connectivity index (χ1) is 11.3. The molecule has 2 aromatic heterocycles. The molecular formula is C18H15N3OS. The third-order valence-electron chi connectivity index (χ3n) is 3.99. The van der Waals surface area contributed by atoms with E-state index >= 15 is 0 Å². The molecule has 0 saturated heterocycles. The molecule has 23 heavy (non-hydrogen) atoms. The summed E-state index contributed by atoms with van der Waals surface area (Å²) in [6.07, 6.45) is 5.51. The van der Waals surface area contributed by atoms with Crippen LogP contribution in [0.2, 0.25) is 0 Å². The minimum Gasteiger partial charge on any atom is -0.307 e. The number of hydrogen-bond donors (Lipinski definition) is 0. The monoisotopic (exact) mass is 321 g/mol. The summed E-state index contributed by atoms with van der Waals surface area (Å²) in [6.45, 7) is 0.746. The Hall–Kier alpha value is -2.53. The Morgan fingerprint density at radius 2 is 2.09 bits per heavy atom. The van der Waals surface area contributed by atoms with E-state index in [0.717, 1.165) is 35.6 Å². The third kappa shape index (κ3) is 2.64. The van der Waals surface area contributed by atoms with E-state index in [2.05, 4.69) is 16.0 Å². The summed E-state index contributed by atoms with van der Waals surface area (Å²) in [4.78, 5) is 23.3. The van der Waals surface area contributed by atoms with Crippen LogP contribution in [0, 0.1) is 0 Å². The van der Waals surface area contributed by atoms with Gasteiger partial charge in [0.15, 0.2) is 0 Å². The zero-order chi connectivity index (χ0) is 15.6. The van der Waals surface area contributed by atoms with E-state index in [0.29, 0.717) is 5.69 Å². The molecule has 1 aromatic carbocycles. The smallest absolute Gasteiger partial charge is 0.277 e. The highest BCUT2D eigenvalue weighted by atomic mass is 32.1. The molecule has 0 atom stereocenters. The van der Waals surface area contributed by atoms with Gasteiger partial charge in [0.1, 0.15) is 10.7 Å². The van der Waals surface area contributed by atoms with Gasteiger partial charge < -0.3 is 4.90 Å². The Morgan fingerprint density at radius 3 is 2.96 bits per heavy atom. The number of amides is 1. The molecule has 0 radical (unpaired) electrons. The predicted octanol–water partition coefficient (Wildman–Crippen LogP) is 3.80. The van der Waals surface area contributed by atoms with Crippen molar-refractivity contribution in [2.75, 3.05) is 11.4 Å². The molecule has 5 heteroatoms. The van der Waals surface area contributed by atoms with Gasteiger partial charge in [0.05, 0.1) is 0 Å². The average Bonchev–Trinajstić information content (AvgIpc) is 3.11. The van der Waals surface area contributed by atoms with Gasteiger partial charge in [-0.05, 0) is 36.6 Å². The van der Waals surface area contributed by atoms with Crippen LogP contribution in [0.15, 0.2) is 54.2 Å². The van der Waals surface area contributed by atoms with Crippen molar-refractivity contribution >= 4 is 22.9 Å². The van der Waals surface area contributed by atoms with Gasteiger partial charge in [0, 0.05) is 35.6 Å². The molecule has 4 nitrogen and oxygen atoms in total. The Morgan fingerprint density at radius 1 is 1.17 bits per heavy atom. The molecule has 0 N–H and O–H groups in total. The van der Waals surface area contributed by atoms with Gasteiger partial charge in [-0.25, -0.2) is 4.98 Å². The standard InChI is InChI=1S/C18H15N3OS/c22-18(21-10-4-7-13-5-1-2-8-16(13)21)15-12-23-17(20-15)14-6-3-9-19-11-14/h1-3,5-6,8-9,11-12H,4,7,10H2. The molecule has 3 heterocycles. The maximum atomic E-state index is 12.9. The molecule has 114 valence electrons. The Bertz CT molecular complexity index is 844. The first-order valence-electron chi connectivity index (χ1n) is 7.58. The van der Waals surface area contributed by atoms with Crippen LogP contribution in [0.3, 0.4) is 0 Å². The quantitative estimate of drug-likeness (QED) is 0.721. The van der Waals surface area contributed by atoms with E-state index < -0.39 is 0 Å². The van der Waals surface area contributed by atoms with Gasteiger partial charge in [-0.3, -0.25) is 9.78 Å². The van der Waals surface area contributed by atoms with Crippen LogP contribution in [-0.2, 0) is 6.42 Å². The normalized spacial score (nSPS) is 13.7. The maximum Gasteiger partial charge on any atom is 0.277 e. The van der Waals surface area contributed by atoms with Crippen LogP contribution < -0.4 is 4.90 Å². The van der Waals surface area contributed by atoms with Crippen LogP contribution in [0.4, 0.5) is 5.69 Å². The second kappa shape index (κ2) is 5.93. The average molecular weight is 321 g/mol. The van der Waals surface area contributed by atoms with E-state index in [-0.39, 0.29) is 5.91 Å². The maximum absolute atomic E-state index is 12.9. The van der Waals surface area contributed by atoms with Crippen molar-refractivity contribution in [3.8, 4) is 10.6 Å². The number of para-hydroxylation sites is 1. The van der Waals surface area contributed by atoms with Crippen molar-refractivity contribution in [2.45, 2.75) is 12.8 Å². The van der Waals surface area contributed by atoms with Gasteiger partial charge in [0.25, 0.3) is 5.91 Å². The second-order valence-electron chi connectivity index (χ2n) is 5.47. The molecule has 0 fully saturated rings. The summed E-state index contributed by atoms with van der Waals surface area (Å²) in [6, 6.07) is 11.9. The molecule has 3 aromatic rings. The summed E-state index contributed by atoms with van der Waals surface area (Å²) < 4.78 is 0. The van der Waals surface area contributed by atoms with Gasteiger partial charge in [-0.2, -0.15) is 0 Å². The largest absolute Gasteiger partial charge is 0.307 e. The number of anilines is 1. The van der Waals surface area contributed by atoms with E-state index in [1.807, 2.05) is 40.6 Å². The number of rotatable bonds is 2. The number of carbonyl (C=O) groups is 1. The molecule has 0 unspecified atom stereocenters. The highest BCUT2D eigenvalue weighted by Crippen LogP contribution is 2.29. The summed E-state index contributed by atoms with van der Waals surface area (Å²) in [5.41, 5.74) is 3.69. The molecule has 4 rings (SSSR count). The number of pyridine rings is 1. The molecule has 1 amide bonds. The SMILES string of the molecule is O=C(c1csc(-c2cccnc2)n1)N1CCCc2ccccc21. The number of aromatic nitrogens is 2. The number of hydrogen-bond acceptors (Lipinski definition) is 4. The van der Waals surface area contributed by atoms with Gasteiger partial charge in [-0.15, -0.1) is 11.3 Å². The molecular weight excluding hydrogens is 306 g/mol. The Labute approximate surface area is 138 Å². The molecule has 0 spiro atoms. The van der Waals surface area contributed by atoms with Crippen molar-refractivity contribution in [1.29, 1.82) is 0 Å².